The van der Waals surface area contributed by atoms with Crippen molar-refractivity contribution >= 4 is 15.9 Å². The van der Waals surface area contributed by atoms with Gasteiger partial charge in [0.25, 0.3) is 10.0 Å². The summed E-state index contributed by atoms with van der Waals surface area (Å²) in [5, 5.41) is 2.65. The van der Waals surface area contributed by atoms with Crippen molar-refractivity contribution in [1.82, 2.24) is 19.6 Å². The van der Waals surface area contributed by atoms with Crippen molar-refractivity contribution in [2.45, 2.75) is 24.4 Å². The molecule has 0 fully saturated rings. The molecule has 1 aromatic heterocycles. The van der Waals surface area contributed by atoms with Gasteiger partial charge >= 0.3 is 0 Å². The molecule has 0 bridgehead atoms. The van der Waals surface area contributed by atoms with Crippen LogP contribution in [0.2, 0.25) is 0 Å². The molecule has 1 heterocycles. The van der Waals surface area contributed by atoms with E-state index >= 15 is 0 Å². The Kier molecular flexibility index (Phi) is 6.29. The number of hydrogen-bond donors (Lipinski definition) is 3. The summed E-state index contributed by atoms with van der Waals surface area (Å²) in [4.78, 5) is 15.8. The molecular formula is C16H23N5O3S. The van der Waals surface area contributed by atoms with Crippen LogP contribution in [-0.2, 0) is 21.9 Å². The number of hydrogen-bond acceptors (Lipinski definition) is 5. The fourth-order valence-electron chi connectivity index (χ4n) is 2.16. The van der Waals surface area contributed by atoms with Crippen molar-refractivity contribution in [3.05, 3.63) is 47.9 Å². The zero-order chi connectivity index (χ0) is 18.4. The highest BCUT2D eigenvalue weighted by Gasteiger charge is 2.18. The van der Waals surface area contributed by atoms with E-state index in [1.54, 1.807) is 18.5 Å². The molecule has 8 nitrogen and oxygen atoms in total. The second kappa shape index (κ2) is 8.24. The van der Waals surface area contributed by atoms with Gasteiger partial charge in [0.15, 0.2) is 5.03 Å². The Morgan fingerprint density at radius 1 is 1.32 bits per heavy atom. The zero-order valence-corrected chi connectivity index (χ0v) is 15.1. The third kappa shape index (κ3) is 5.38. The minimum absolute atomic E-state index is 0.00956. The lowest BCUT2D eigenvalue weighted by atomic mass is 10.1. The molecule has 0 aliphatic carbocycles. The minimum Gasteiger partial charge on any atom is -0.354 e. The quantitative estimate of drug-likeness (QED) is 0.618. The summed E-state index contributed by atoms with van der Waals surface area (Å²) in [7, 11) is -2.01. The smallest absolute Gasteiger partial charge is 0.259 e. The van der Waals surface area contributed by atoms with Crippen molar-refractivity contribution in [3.8, 4) is 0 Å². The molecule has 0 aliphatic heterocycles. The van der Waals surface area contributed by atoms with Gasteiger partial charge in [-0.2, -0.15) is 0 Å². The molecule has 2 rings (SSSR count). The average molecular weight is 365 g/mol. The molecule has 0 saturated heterocycles. The van der Waals surface area contributed by atoms with Gasteiger partial charge in [0.1, 0.15) is 5.82 Å². The number of benzene rings is 1. The number of carbonyl (C=O) groups excluding carboxylic acids is 1. The number of aryl methyl sites for hydroxylation is 2. The van der Waals surface area contributed by atoms with Crippen LogP contribution in [0.3, 0.4) is 0 Å². The van der Waals surface area contributed by atoms with E-state index in [9.17, 15) is 13.2 Å². The Hall–Kier alpha value is -2.23. The van der Waals surface area contributed by atoms with E-state index in [0.717, 1.165) is 5.56 Å². The van der Waals surface area contributed by atoms with Gasteiger partial charge in [-0.05, 0) is 12.5 Å². The molecule has 1 amide bonds. The molecule has 136 valence electrons. The maximum atomic E-state index is 12.1. The zero-order valence-electron chi connectivity index (χ0n) is 14.3. The van der Waals surface area contributed by atoms with Crippen LogP contribution in [0.5, 0.6) is 0 Å². The number of sulfonamides is 1. The highest BCUT2D eigenvalue weighted by molar-refractivity contribution is 7.89. The fourth-order valence-corrected chi connectivity index (χ4v) is 3.23. The Morgan fingerprint density at radius 3 is 2.60 bits per heavy atom. The van der Waals surface area contributed by atoms with Crippen LogP contribution in [0, 0.1) is 6.92 Å². The molecule has 1 aromatic carbocycles. The fraction of sp³-hybridized carbons (Fsp3) is 0.375. The molecule has 0 aliphatic rings. The first-order valence-corrected chi connectivity index (χ1v) is 9.35. The summed E-state index contributed by atoms with van der Waals surface area (Å²) in [6.45, 7) is 1.99. The topological polar surface area (TPSA) is 119 Å². The largest absolute Gasteiger partial charge is 0.354 e. The maximum absolute atomic E-state index is 12.1. The highest BCUT2D eigenvalue weighted by Crippen LogP contribution is 2.08. The van der Waals surface area contributed by atoms with Gasteiger partial charge in [0.2, 0.25) is 5.91 Å². The van der Waals surface area contributed by atoms with Crippen LogP contribution in [0.1, 0.15) is 23.9 Å². The molecule has 9 heteroatoms. The van der Waals surface area contributed by atoms with Gasteiger partial charge in [-0.25, -0.2) is 18.1 Å². The van der Waals surface area contributed by atoms with Gasteiger partial charge in [0, 0.05) is 38.8 Å². The van der Waals surface area contributed by atoms with E-state index in [0.29, 0.717) is 5.82 Å². The Bertz CT molecular complexity index is 798. The molecule has 1 atom stereocenters. The van der Waals surface area contributed by atoms with Crippen molar-refractivity contribution in [3.63, 3.8) is 0 Å². The van der Waals surface area contributed by atoms with Crippen LogP contribution in [0.25, 0.3) is 0 Å². The maximum Gasteiger partial charge on any atom is 0.259 e. The summed E-state index contributed by atoms with van der Waals surface area (Å²) in [6, 6.07) is 9.12. The standard InChI is InChI=1S/C16H23N5O3S/c1-12-20-16(11-21(12)2)25(23,24)19-9-8-15(22)18-10-14(17)13-6-4-3-5-7-13/h3-7,11,14,19H,8-10,17H2,1-2H3,(H,18,22). The molecule has 0 saturated carbocycles. The molecular weight excluding hydrogens is 342 g/mol. The number of nitrogens with one attached hydrogen (secondary N) is 2. The van der Waals surface area contributed by atoms with Gasteiger partial charge in [-0.15, -0.1) is 0 Å². The SMILES string of the molecule is Cc1nc(S(=O)(=O)NCCC(=O)NCC(N)c2ccccc2)cn1C. The van der Waals surface area contributed by atoms with Crippen LogP contribution in [0.4, 0.5) is 0 Å². The number of amides is 1. The lowest BCUT2D eigenvalue weighted by Crippen LogP contribution is -2.34. The normalized spacial score (nSPS) is 12.8. The van der Waals surface area contributed by atoms with E-state index in [1.807, 2.05) is 30.3 Å². The predicted molar refractivity (Wildman–Crippen MR) is 94.1 cm³/mol. The molecule has 25 heavy (non-hydrogen) atoms. The van der Waals surface area contributed by atoms with Crippen molar-refractivity contribution < 1.29 is 13.2 Å². The van der Waals surface area contributed by atoms with Crippen LogP contribution in [0.15, 0.2) is 41.6 Å². The number of nitrogens with two attached hydrogens (primary N) is 1. The number of rotatable bonds is 8. The molecule has 0 spiro atoms. The van der Waals surface area contributed by atoms with E-state index in [-0.39, 0.29) is 36.5 Å². The first-order chi connectivity index (χ1) is 11.8. The molecule has 0 radical (unpaired) electrons. The molecule has 2 aromatic rings. The molecule has 4 N–H and O–H groups in total. The second-order valence-electron chi connectivity index (χ2n) is 5.71. The third-order valence-electron chi connectivity index (χ3n) is 3.75. The second-order valence-corrected chi connectivity index (χ2v) is 7.42. The number of nitrogens with zero attached hydrogens (tertiary/aromatic N) is 2. The van der Waals surface area contributed by atoms with Gasteiger partial charge in [0.05, 0.1) is 0 Å². The van der Waals surface area contributed by atoms with E-state index < -0.39 is 10.0 Å². The first-order valence-electron chi connectivity index (χ1n) is 7.86. The summed E-state index contributed by atoms with van der Waals surface area (Å²) in [5.41, 5.74) is 6.92. The third-order valence-corrected chi connectivity index (χ3v) is 5.08. The number of carbonyl (C=O) groups is 1. The monoisotopic (exact) mass is 365 g/mol. The Balaban J connectivity index is 1.76. The lowest BCUT2D eigenvalue weighted by Gasteiger charge is -2.13. The highest BCUT2D eigenvalue weighted by atomic mass is 32.2. The lowest BCUT2D eigenvalue weighted by molar-refractivity contribution is -0.121. The molecule has 1 unspecified atom stereocenters. The van der Waals surface area contributed by atoms with Crippen LogP contribution >= 0.6 is 0 Å². The van der Waals surface area contributed by atoms with Crippen molar-refractivity contribution in [2.24, 2.45) is 12.8 Å². The Labute approximate surface area is 147 Å². The van der Waals surface area contributed by atoms with Crippen molar-refractivity contribution in [1.29, 1.82) is 0 Å². The van der Waals surface area contributed by atoms with Gasteiger partial charge < -0.3 is 15.6 Å². The van der Waals surface area contributed by atoms with E-state index in [1.165, 1.54) is 6.20 Å². The van der Waals surface area contributed by atoms with Crippen LogP contribution in [-0.4, -0.2) is 37.0 Å². The van der Waals surface area contributed by atoms with E-state index in [4.69, 9.17) is 5.73 Å². The Morgan fingerprint density at radius 2 is 2.00 bits per heavy atom. The van der Waals surface area contributed by atoms with E-state index in [2.05, 4.69) is 15.0 Å². The summed E-state index contributed by atoms with van der Waals surface area (Å²) < 4.78 is 28.2. The number of imidazole rings is 1. The minimum atomic E-state index is -3.72. The number of aromatic nitrogens is 2. The van der Waals surface area contributed by atoms with Gasteiger partial charge in [-0.1, -0.05) is 30.3 Å². The van der Waals surface area contributed by atoms with Gasteiger partial charge in [-0.3, -0.25) is 4.79 Å². The average Bonchev–Trinajstić information content (AvgIpc) is 2.93. The first kappa shape index (κ1) is 19.1. The summed E-state index contributed by atoms with van der Waals surface area (Å²) >= 11 is 0. The summed E-state index contributed by atoms with van der Waals surface area (Å²) in [6.07, 6.45) is 1.45. The summed E-state index contributed by atoms with van der Waals surface area (Å²) in [5.74, 6) is 0.319. The van der Waals surface area contributed by atoms with Crippen molar-refractivity contribution in [2.75, 3.05) is 13.1 Å². The van der Waals surface area contributed by atoms with Crippen LogP contribution < -0.4 is 15.8 Å². The predicted octanol–water partition coefficient (Wildman–Crippen LogP) is 0.213.